The maximum atomic E-state index is 4.27. The molecule has 0 saturated heterocycles. The first kappa shape index (κ1) is 12.1. The minimum absolute atomic E-state index is 0.968. The molecule has 0 aliphatic heterocycles. The van der Waals surface area contributed by atoms with E-state index in [2.05, 4.69) is 20.5 Å². The van der Waals surface area contributed by atoms with Crippen LogP contribution >= 0.6 is 11.3 Å². The van der Waals surface area contributed by atoms with Crippen LogP contribution in [0.4, 0.5) is 0 Å². The summed E-state index contributed by atoms with van der Waals surface area (Å²) in [5.41, 5.74) is 2.09. The van der Waals surface area contributed by atoms with E-state index in [0.29, 0.717) is 0 Å². The van der Waals surface area contributed by atoms with Crippen LogP contribution in [0.15, 0.2) is 18.3 Å². The van der Waals surface area contributed by atoms with Crippen LogP contribution in [-0.4, -0.2) is 28.8 Å². The fourth-order valence-electron chi connectivity index (χ4n) is 1.59. The van der Waals surface area contributed by atoms with Gasteiger partial charge in [0.2, 0.25) is 0 Å². The third-order valence-electron chi connectivity index (χ3n) is 2.52. The highest BCUT2D eigenvalue weighted by molar-refractivity contribution is 7.14. The van der Waals surface area contributed by atoms with E-state index in [4.69, 9.17) is 0 Å². The lowest BCUT2D eigenvalue weighted by molar-refractivity contribution is 0.718. The fraction of sp³-hybridized carbons (Fsp3) is 0.417. The molecule has 90 valence electrons. The fourth-order valence-corrected chi connectivity index (χ4v) is 2.55. The Balaban J connectivity index is 2.10. The molecule has 0 aromatic carbocycles. The number of nitrogens with one attached hydrogen (secondary N) is 1. The minimum atomic E-state index is 0.968. The summed E-state index contributed by atoms with van der Waals surface area (Å²) in [6, 6.07) is 3.98. The van der Waals surface area contributed by atoms with Crippen molar-refractivity contribution in [3.05, 3.63) is 29.0 Å². The van der Waals surface area contributed by atoms with Crippen LogP contribution in [-0.2, 0) is 6.42 Å². The van der Waals surface area contributed by atoms with E-state index >= 15 is 0 Å². The number of nitrogens with zero attached hydrogens (tertiary/aromatic N) is 3. The number of aromatic nitrogens is 3. The van der Waals surface area contributed by atoms with Crippen LogP contribution in [0.25, 0.3) is 10.6 Å². The van der Waals surface area contributed by atoms with Gasteiger partial charge in [-0.2, -0.15) is 0 Å². The van der Waals surface area contributed by atoms with Gasteiger partial charge in [-0.15, -0.1) is 10.2 Å². The Hall–Kier alpha value is -1.33. The molecule has 0 spiro atoms. The standard InChI is InChI=1S/C12H16N4S/c1-9-10(5-3-8-14-9)12-16-15-11(17-12)6-4-7-13-2/h3,5,8,13H,4,6-7H2,1-2H3. The van der Waals surface area contributed by atoms with Crippen molar-refractivity contribution in [1.82, 2.24) is 20.5 Å². The molecule has 2 rings (SSSR count). The Morgan fingerprint density at radius 3 is 3.00 bits per heavy atom. The molecule has 0 radical (unpaired) electrons. The van der Waals surface area contributed by atoms with E-state index < -0.39 is 0 Å². The second-order valence-electron chi connectivity index (χ2n) is 3.84. The third-order valence-corrected chi connectivity index (χ3v) is 3.54. The van der Waals surface area contributed by atoms with Crippen LogP contribution in [0.5, 0.6) is 0 Å². The van der Waals surface area contributed by atoms with Crippen LogP contribution in [0.3, 0.4) is 0 Å². The summed E-state index contributed by atoms with van der Waals surface area (Å²) in [7, 11) is 1.96. The second kappa shape index (κ2) is 5.84. The van der Waals surface area contributed by atoms with E-state index in [1.54, 1.807) is 17.5 Å². The Morgan fingerprint density at radius 2 is 2.24 bits per heavy atom. The van der Waals surface area contributed by atoms with Crippen LogP contribution < -0.4 is 5.32 Å². The molecular weight excluding hydrogens is 232 g/mol. The first-order valence-corrected chi connectivity index (χ1v) is 6.52. The van der Waals surface area contributed by atoms with E-state index in [9.17, 15) is 0 Å². The predicted octanol–water partition coefficient (Wildman–Crippen LogP) is 2.06. The van der Waals surface area contributed by atoms with Gasteiger partial charge in [-0.3, -0.25) is 4.98 Å². The van der Waals surface area contributed by atoms with Gasteiger partial charge in [0.1, 0.15) is 10.0 Å². The van der Waals surface area contributed by atoms with Crippen LogP contribution in [0.1, 0.15) is 17.1 Å². The lowest BCUT2D eigenvalue weighted by Crippen LogP contribution is -2.08. The monoisotopic (exact) mass is 248 g/mol. The van der Waals surface area contributed by atoms with Crippen molar-refractivity contribution in [1.29, 1.82) is 0 Å². The molecule has 0 atom stereocenters. The highest BCUT2D eigenvalue weighted by Gasteiger charge is 2.08. The SMILES string of the molecule is CNCCCc1nnc(-c2cccnc2C)s1. The van der Waals surface area contributed by atoms with Gasteiger partial charge in [0.25, 0.3) is 0 Å². The Kier molecular flexibility index (Phi) is 4.17. The molecule has 0 fully saturated rings. The van der Waals surface area contributed by atoms with Gasteiger partial charge in [0.15, 0.2) is 0 Å². The van der Waals surface area contributed by atoms with Gasteiger partial charge in [-0.25, -0.2) is 0 Å². The minimum Gasteiger partial charge on any atom is -0.320 e. The Labute approximate surface area is 105 Å². The van der Waals surface area contributed by atoms with E-state index in [1.807, 2.05) is 26.1 Å². The molecule has 2 aromatic rings. The van der Waals surface area contributed by atoms with Crippen LogP contribution in [0.2, 0.25) is 0 Å². The van der Waals surface area contributed by atoms with Gasteiger partial charge in [0, 0.05) is 23.9 Å². The summed E-state index contributed by atoms with van der Waals surface area (Å²) in [6.45, 7) is 3.01. The van der Waals surface area contributed by atoms with Gasteiger partial charge in [0.05, 0.1) is 0 Å². The molecule has 5 heteroatoms. The van der Waals surface area contributed by atoms with Gasteiger partial charge < -0.3 is 5.32 Å². The Morgan fingerprint density at radius 1 is 1.35 bits per heavy atom. The Bertz CT molecular complexity index is 481. The first-order valence-electron chi connectivity index (χ1n) is 5.70. The second-order valence-corrected chi connectivity index (χ2v) is 4.91. The first-order chi connectivity index (χ1) is 8.31. The average Bonchev–Trinajstić information content (AvgIpc) is 2.79. The molecule has 0 unspecified atom stereocenters. The van der Waals surface area contributed by atoms with Crippen molar-refractivity contribution < 1.29 is 0 Å². The highest BCUT2D eigenvalue weighted by Crippen LogP contribution is 2.25. The summed E-state index contributed by atoms with van der Waals surface area (Å²) < 4.78 is 0. The highest BCUT2D eigenvalue weighted by atomic mass is 32.1. The van der Waals surface area contributed by atoms with Gasteiger partial charge >= 0.3 is 0 Å². The van der Waals surface area contributed by atoms with E-state index in [1.165, 1.54) is 0 Å². The largest absolute Gasteiger partial charge is 0.320 e. The lowest BCUT2D eigenvalue weighted by atomic mass is 10.2. The number of rotatable bonds is 5. The molecule has 0 aliphatic rings. The number of aryl methyl sites for hydroxylation is 2. The van der Waals surface area contributed by atoms with E-state index in [-0.39, 0.29) is 0 Å². The third kappa shape index (κ3) is 3.08. The molecule has 0 aliphatic carbocycles. The zero-order valence-corrected chi connectivity index (χ0v) is 10.9. The number of hydrogen-bond donors (Lipinski definition) is 1. The lowest BCUT2D eigenvalue weighted by Gasteiger charge is -1.98. The summed E-state index contributed by atoms with van der Waals surface area (Å²) in [5, 5.41) is 13.6. The molecule has 0 saturated carbocycles. The summed E-state index contributed by atoms with van der Waals surface area (Å²) >= 11 is 1.66. The molecule has 0 amide bonds. The van der Waals surface area contributed by atoms with Crippen molar-refractivity contribution in [3.8, 4) is 10.6 Å². The molecule has 4 nitrogen and oxygen atoms in total. The zero-order valence-electron chi connectivity index (χ0n) is 10.1. The van der Waals surface area contributed by atoms with Gasteiger partial charge in [-0.05, 0) is 39.1 Å². The van der Waals surface area contributed by atoms with E-state index in [0.717, 1.165) is 40.7 Å². The maximum Gasteiger partial charge on any atom is 0.149 e. The molecule has 2 heterocycles. The molecule has 17 heavy (non-hydrogen) atoms. The van der Waals surface area contributed by atoms with Crippen molar-refractivity contribution in [3.63, 3.8) is 0 Å². The molecule has 1 N–H and O–H groups in total. The quantitative estimate of drug-likeness (QED) is 0.823. The predicted molar refractivity (Wildman–Crippen MR) is 70.1 cm³/mol. The number of pyridine rings is 1. The van der Waals surface area contributed by atoms with Crippen molar-refractivity contribution >= 4 is 11.3 Å². The normalized spacial score (nSPS) is 10.7. The topological polar surface area (TPSA) is 50.7 Å². The summed E-state index contributed by atoms with van der Waals surface area (Å²) in [6.07, 6.45) is 3.88. The molecule has 2 aromatic heterocycles. The zero-order chi connectivity index (χ0) is 12.1. The smallest absolute Gasteiger partial charge is 0.149 e. The van der Waals surface area contributed by atoms with Crippen LogP contribution in [0, 0.1) is 6.92 Å². The maximum absolute atomic E-state index is 4.27. The van der Waals surface area contributed by atoms with Crippen molar-refractivity contribution in [2.45, 2.75) is 19.8 Å². The number of hydrogen-bond acceptors (Lipinski definition) is 5. The molecule has 0 bridgehead atoms. The van der Waals surface area contributed by atoms with Crippen molar-refractivity contribution in [2.75, 3.05) is 13.6 Å². The summed E-state index contributed by atoms with van der Waals surface area (Å²) in [4.78, 5) is 4.27. The van der Waals surface area contributed by atoms with Gasteiger partial charge in [-0.1, -0.05) is 11.3 Å². The average molecular weight is 248 g/mol. The van der Waals surface area contributed by atoms with Crippen molar-refractivity contribution in [2.24, 2.45) is 0 Å². The summed E-state index contributed by atoms with van der Waals surface area (Å²) in [5.74, 6) is 0. The molecular formula is C12H16N4S.